The summed E-state index contributed by atoms with van der Waals surface area (Å²) in [5.41, 5.74) is 2.64. The van der Waals surface area contributed by atoms with E-state index in [1.807, 2.05) is 0 Å². The minimum Gasteiger partial charge on any atom is -0.747 e. The summed E-state index contributed by atoms with van der Waals surface area (Å²) in [5.74, 6) is -0.299. The molecule has 2 aliphatic rings. The molecule has 192 valence electrons. The number of fused-ring (bicyclic) bond motifs is 2. The Labute approximate surface area is 222 Å². The summed E-state index contributed by atoms with van der Waals surface area (Å²) in [6.07, 6.45) is 1.16. The molecule has 0 aliphatic heterocycles. The van der Waals surface area contributed by atoms with Crippen LogP contribution in [0.4, 0.5) is 0 Å². The van der Waals surface area contributed by atoms with Crippen LogP contribution in [-0.4, -0.2) is 23.5 Å². The van der Waals surface area contributed by atoms with Crippen molar-refractivity contribution in [3.8, 4) is 0 Å². The van der Waals surface area contributed by atoms with Gasteiger partial charge in [0.2, 0.25) is 0 Å². The van der Waals surface area contributed by atoms with Gasteiger partial charge in [0, 0.05) is 6.42 Å². The van der Waals surface area contributed by atoms with Crippen molar-refractivity contribution in [3.05, 3.63) is 66.8 Å². The van der Waals surface area contributed by atoms with Crippen LogP contribution in [0.15, 0.2) is 48.5 Å². The molecule has 2 aliphatic carbocycles. The Hall–Kier alpha value is -1.25. The number of ketones is 1. The molecule has 0 amide bonds. The van der Waals surface area contributed by atoms with E-state index in [2.05, 4.69) is 90.1 Å². The second kappa shape index (κ2) is 9.56. The highest BCUT2D eigenvalue weighted by Gasteiger charge is 2.68. The topological polar surface area (TPSA) is 74.3 Å². The van der Waals surface area contributed by atoms with Crippen molar-refractivity contribution in [3.63, 3.8) is 0 Å². The third-order valence-electron chi connectivity index (χ3n) is 7.85. The molecule has 2 aromatic carbocycles. The average molecular weight is 611 g/mol. The van der Waals surface area contributed by atoms with Gasteiger partial charge in [0.1, 0.15) is 14.9 Å². The molecular weight excluding hydrogens is 571 g/mol. The molecule has 0 aromatic heterocycles. The van der Waals surface area contributed by atoms with Crippen LogP contribution in [0.3, 0.4) is 0 Å². The minimum absolute atomic E-state index is 0.0683. The van der Waals surface area contributed by atoms with E-state index in [9.17, 15) is 17.8 Å². The van der Waals surface area contributed by atoms with Gasteiger partial charge in [-0.15, -0.1) is 0 Å². The molecule has 2 fully saturated rings. The quantitative estimate of drug-likeness (QED) is 0.396. The maximum Gasteiger partial charge on any atom is 0.357 e. The normalized spacial score (nSPS) is 23.7. The molecule has 2 bridgehead atoms. The maximum atomic E-state index is 11.6. The number of benzene rings is 2. The van der Waals surface area contributed by atoms with Crippen LogP contribution in [-0.2, 0) is 25.7 Å². The van der Waals surface area contributed by atoms with Gasteiger partial charge in [-0.05, 0) is 70.4 Å². The largest absolute Gasteiger partial charge is 0.747 e. The Kier molecular flexibility index (Phi) is 7.74. The van der Waals surface area contributed by atoms with E-state index in [0.717, 1.165) is 0 Å². The van der Waals surface area contributed by atoms with Gasteiger partial charge in [0.05, 0.1) is 0 Å². The molecule has 2 unspecified atom stereocenters. The van der Waals surface area contributed by atoms with Crippen LogP contribution in [0.5, 0.6) is 0 Å². The number of rotatable bonds is 3. The van der Waals surface area contributed by atoms with Crippen LogP contribution in [0.2, 0.25) is 0 Å². The average Bonchev–Trinajstić information content (AvgIpc) is 3.10. The van der Waals surface area contributed by atoms with Crippen molar-refractivity contribution >= 4 is 15.9 Å². The predicted octanol–water partition coefficient (Wildman–Crippen LogP) is 3.09. The van der Waals surface area contributed by atoms with Crippen molar-refractivity contribution in [1.29, 1.82) is 0 Å². The summed E-state index contributed by atoms with van der Waals surface area (Å²) in [6.45, 7) is 17.1. The second-order valence-corrected chi connectivity index (χ2v) is 17.1. The van der Waals surface area contributed by atoms with Gasteiger partial charge in [-0.2, -0.15) is 0 Å². The predicted molar refractivity (Wildman–Crippen MR) is 136 cm³/mol. The van der Waals surface area contributed by atoms with E-state index in [0.29, 0.717) is 6.42 Å². The third kappa shape index (κ3) is 5.54. The van der Waals surface area contributed by atoms with Gasteiger partial charge < -0.3 is 4.55 Å². The molecule has 4 rings (SSSR count). The Balaban J connectivity index is 0.000000211. The van der Waals surface area contributed by atoms with E-state index < -0.39 is 20.3 Å². The Morgan fingerprint density at radius 3 is 1.46 bits per heavy atom. The highest BCUT2D eigenvalue weighted by Crippen LogP contribution is 2.61. The Morgan fingerprint density at radius 2 is 1.23 bits per heavy atom. The van der Waals surface area contributed by atoms with Crippen LogP contribution in [0, 0.1) is 18.5 Å². The molecule has 0 radical (unpaired) electrons. The first-order chi connectivity index (χ1) is 15.9. The summed E-state index contributed by atoms with van der Waals surface area (Å²) < 4.78 is 35.2. The first kappa shape index (κ1) is 28.3. The van der Waals surface area contributed by atoms with Gasteiger partial charge in [0.15, 0.2) is 12.9 Å². The SMILES string of the molecule is CC(C)(C)c1ccc([I+]c2ccc(C(C)(C)C)cc2)cc1.CC1(C)C2CCC1(S(=O)(=O)[O-])C(=O)C2. The standard InChI is InChI=1S/C20H26I.C9H14O4S/c1-19(2,3)15-7-11-17(12-8-15)21-18-13-9-16(10-14-18)20(4,5)6;1-8(2)6-3-4-9(8,7(10)5-6)14(11,12)13/h7-14H,1-6H3;6H,3-5H2,1-2H3,(H,11,12,13)/q+1;/p-1. The monoisotopic (exact) mass is 610 g/mol. The van der Waals surface area contributed by atoms with E-state index >= 15 is 0 Å². The Morgan fingerprint density at radius 1 is 0.829 bits per heavy atom. The molecule has 6 heteroatoms. The Bertz CT molecular complexity index is 1110. The lowest BCUT2D eigenvalue weighted by Gasteiger charge is -2.38. The van der Waals surface area contributed by atoms with E-state index in [4.69, 9.17) is 0 Å². The van der Waals surface area contributed by atoms with Crippen molar-refractivity contribution < 1.29 is 39.0 Å². The summed E-state index contributed by atoms with van der Waals surface area (Å²) in [6, 6.07) is 18.4. The van der Waals surface area contributed by atoms with Crippen LogP contribution in [0.25, 0.3) is 0 Å². The molecule has 35 heavy (non-hydrogen) atoms. The third-order valence-corrected chi connectivity index (χ3v) is 12.3. The summed E-state index contributed by atoms with van der Waals surface area (Å²) in [7, 11) is -4.53. The van der Waals surface area contributed by atoms with E-state index in [1.54, 1.807) is 13.8 Å². The highest BCUT2D eigenvalue weighted by molar-refractivity contribution is 7.88. The van der Waals surface area contributed by atoms with Crippen molar-refractivity contribution in [2.45, 2.75) is 90.2 Å². The highest BCUT2D eigenvalue weighted by atomic mass is 127. The van der Waals surface area contributed by atoms with E-state index in [1.165, 1.54) is 18.3 Å². The zero-order valence-corrected chi connectivity index (χ0v) is 25.2. The van der Waals surface area contributed by atoms with Gasteiger partial charge in [-0.25, -0.2) is 8.42 Å². The van der Waals surface area contributed by atoms with Crippen LogP contribution < -0.4 is 21.2 Å². The van der Waals surface area contributed by atoms with Gasteiger partial charge >= 0.3 is 21.2 Å². The lowest BCUT2D eigenvalue weighted by Crippen LogP contribution is -3.61. The smallest absolute Gasteiger partial charge is 0.357 e. The van der Waals surface area contributed by atoms with Gasteiger partial charge in [0.25, 0.3) is 0 Å². The number of hydrogen-bond donors (Lipinski definition) is 0. The zero-order valence-electron chi connectivity index (χ0n) is 22.2. The fourth-order valence-corrected chi connectivity index (χ4v) is 9.07. The molecule has 4 nitrogen and oxygen atoms in total. The van der Waals surface area contributed by atoms with Gasteiger partial charge in [-0.1, -0.05) is 79.7 Å². The van der Waals surface area contributed by atoms with Crippen molar-refractivity contribution in [2.75, 3.05) is 0 Å². The second-order valence-electron chi connectivity index (χ2n) is 12.5. The van der Waals surface area contributed by atoms with E-state index in [-0.39, 0.29) is 56.6 Å². The summed E-state index contributed by atoms with van der Waals surface area (Å²) >= 11 is -0.0703. The zero-order chi connectivity index (χ0) is 26.4. The minimum atomic E-state index is -4.53. The van der Waals surface area contributed by atoms with Crippen molar-refractivity contribution in [2.24, 2.45) is 11.3 Å². The number of carbonyl (C=O) groups is 1. The molecule has 2 saturated carbocycles. The maximum absolute atomic E-state index is 11.6. The molecule has 0 saturated heterocycles. The fraction of sp³-hybridized carbons (Fsp3) is 0.552. The first-order valence-corrected chi connectivity index (χ1v) is 15.8. The van der Waals surface area contributed by atoms with Gasteiger partial charge in [-0.3, -0.25) is 4.79 Å². The molecule has 0 heterocycles. The van der Waals surface area contributed by atoms with Crippen molar-refractivity contribution in [1.82, 2.24) is 0 Å². The molecule has 0 N–H and O–H groups in total. The lowest BCUT2D eigenvalue weighted by atomic mass is 9.81. The molecular formula is C29H39IO4S. The van der Waals surface area contributed by atoms with Crippen LogP contribution in [0.1, 0.15) is 85.8 Å². The van der Waals surface area contributed by atoms with Crippen LogP contribution >= 0.6 is 0 Å². The number of Topliss-reactive ketones (excluding diaryl/α,β-unsaturated/α-hetero) is 1. The summed E-state index contributed by atoms with van der Waals surface area (Å²) in [5, 5.41) is 0. The fourth-order valence-electron chi connectivity index (χ4n) is 5.37. The molecule has 2 atom stereocenters. The molecule has 2 aromatic rings. The first-order valence-electron chi connectivity index (χ1n) is 12.2. The number of carbonyl (C=O) groups excluding carboxylic acids is 1. The number of hydrogen-bond acceptors (Lipinski definition) is 4. The number of halogens is 1. The summed E-state index contributed by atoms with van der Waals surface area (Å²) in [4.78, 5) is 11.6. The lowest BCUT2D eigenvalue weighted by molar-refractivity contribution is -0.597. The molecule has 0 spiro atoms.